The summed E-state index contributed by atoms with van der Waals surface area (Å²) >= 11 is 0. The molecule has 0 saturated carbocycles. The minimum atomic E-state index is -0.967. The molecule has 0 aliphatic carbocycles. The van der Waals surface area contributed by atoms with Gasteiger partial charge in [-0.05, 0) is 31.0 Å². The Hall–Kier alpha value is -2.04. The Bertz CT molecular complexity index is 474. The van der Waals surface area contributed by atoms with Gasteiger partial charge in [0.1, 0.15) is 0 Å². The molecule has 0 aliphatic heterocycles. The first-order chi connectivity index (χ1) is 10.0. The Morgan fingerprint density at radius 2 is 2.05 bits per heavy atom. The average molecular weight is 292 g/mol. The molecule has 1 aromatic carbocycles. The van der Waals surface area contributed by atoms with Crippen molar-refractivity contribution in [3.8, 4) is 0 Å². The molecule has 0 aliphatic rings. The number of carboxylic acids is 1. The van der Waals surface area contributed by atoms with Crippen LogP contribution in [0.3, 0.4) is 0 Å². The van der Waals surface area contributed by atoms with E-state index in [1.54, 1.807) is 18.2 Å². The zero-order valence-electron chi connectivity index (χ0n) is 12.7. The smallest absolute Gasteiger partial charge is 0.335 e. The number of rotatable bonds is 8. The molecule has 5 nitrogen and oxygen atoms in total. The fourth-order valence-corrected chi connectivity index (χ4v) is 2.04. The van der Waals surface area contributed by atoms with Crippen LogP contribution in [0.1, 0.15) is 55.5 Å². The Balaban J connectivity index is 2.35. The van der Waals surface area contributed by atoms with Crippen LogP contribution in [0.5, 0.6) is 0 Å². The van der Waals surface area contributed by atoms with Crippen LogP contribution in [0, 0.1) is 0 Å². The highest BCUT2D eigenvalue weighted by molar-refractivity contribution is 5.87. The maximum atomic E-state index is 11.7. The number of hydrogen-bond acceptors (Lipinski definition) is 2. The summed E-state index contributed by atoms with van der Waals surface area (Å²) in [7, 11) is 0. The molecular formula is C16H24N2O3. The number of aromatic carboxylic acids is 1. The molecule has 0 bridgehead atoms. The molecule has 0 aromatic heterocycles. The number of nitrogens with one attached hydrogen (secondary N) is 2. The number of unbranched alkanes of at least 4 members (excludes halogenated alkanes) is 2. The molecule has 1 unspecified atom stereocenters. The molecule has 1 rings (SSSR count). The lowest BCUT2D eigenvalue weighted by molar-refractivity contribution is 0.0696. The van der Waals surface area contributed by atoms with E-state index in [1.165, 1.54) is 18.9 Å². The van der Waals surface area contributed by atoms with Crippen LogP contribution in [0.4, 0.5) is 4.79 Å². The first kappa shape index (κ1) is 17.0. The lowest BCUT2D eigenvalue weighted by Gasteiger charge is -2.14. The molecular weight excluding hydrogens is 268 g/mol. The lowest BCUT2D eigenvalue weighted by atomic mass is 10.1. The van der Waals surface area contributed by atoms with Crippen LogP contribution in [-0.2, 0) is 6.54 Å². The van der Waals surface area contributed by atoms with Crippen molar-refractivity contribution < 1.29 is 14.7 Å². The lowest BCUT2D eigenvalue weighted by Crippen LogP contribution is -2.40. The van der Waals surface area contributed by atoms with Gasteiger partial charge in [0.05, 0.1) is 5.56 Å². The van der Waals surface area contributed by atoms with Crippen molar-refractivity contribution in [2.45, 2.75) is 52.1 Å². The van der Waals surface area contributed by atoms with Gasteiger partial charge in [0.15, 0.2) is 0 Å². The van der Waals surface area contributed by atoms with Crippen molar-refractivity contribution in [3.63, 3.8) is 0 Å². The minimum Gasteiger partial charge on any atom is -0.478 e. The van der Waals surface area contributed by atoms with Gasteiger partial charge in [0.25, 0.3) is 0 Å². The van der Waals surface area contributed by atoms with Gasteiger partial charge in [-0.3, -0.25) is 0 Å². The van der Waals surface area contributed by atoms with E-state index >= 15 is 0 Å². The number of benzene rings is 1. The van der Waals surface area contributed by atoms with Gasteiger partial charge in [-0.2, -0.15) is 0 Å². The zero-order valence-corrected chi connectivity index (χ0v) is 12.7. The van der Waals surface area contributed by atoms with Gasteiger partial charge in [-0.25, -0.2) is 9.59 Å². The maximum Gasteiger partial charge on any atom is 0.335 e. The SMILES string of the molecule is CCCCCC(C)NC(=O)NCc1cccc(C(=O)O)c1. The molecule has 0 saturated heterocycles. The van der Waals surface area contributed by atoms with Crippen LogP contribution < -0.4 is 10.6 Å². The van der Waals surface area contributed by atoms with Crippen molar-refractivity contribution in [3.05, 3.63) is 35.4 Å². The second kappa shape index (κ2) is 9.00. The van der Waals surface area contributed by atoms with E-state index in [0.29, 0.717) is 6.54 Å². The minimum absolute atomic E-state index is 0.141. The molecule has 0 heterocycles. The largest absolute Gasteiger partial charge is 0.478 e. The molecule has 1 aromatic rings. The van der Waals surface area contributed by atoms with Gasteiger partial charge in [-0.15, -0.1) is 0 Å². The standard InChI is InChI=1S/C16H24N2O3/c1-3-4-5-7-12(2)18-16(21)17-11-13-8-6-9-14(10-13)15(19)20/h6,8-10,12H,3-5,7,11H2,1-2H3,(H,19,20)(H2,17,18,21). The predicted octanol–water partition coefficient (Wildman–Crippen LogP) is 3.15. The molecule has 0 fully saturated rings. The Morgan fingerprint density at radius 1 is 1.29 bits per heavy atom. The number of hydrogen-bond donors (Lipinski definition) is 3. The van der Waals surface area contributed by atoms with Crippen LogP contribution >= 0.6 is 0 Å². The van der Waals surface area contributed by atoms with E-state index in [2.05, 4.69) is 17.6 Å². The molecule has 1 atom stereocenters. The van der Waals surface area contributed by atoms with Gasteiger partial charge >= 0.3 is 12.0 Å². The van der Waals surface area contributed by atoms with Crippen molar-refractivity contribution in [1.82, 2.24) is 10.6 Å². The van der Waals surface area contributed by atoms with E-state index in [4.69, 9.17) is 5.11 Å². The van der Waals surface area contributed by atoms with E-state index in [9.17, 15) is 9.59 Å². The molecule has 0 spiro atoms. The number of carbonyl (C=O) groups excluding carboxylic acids is 1. The Kier molecular flexibility index (Phi) is 7.29. The molecule has 5 heteroatoms. The zero-order chi connectivity index (χ0) is 15.7. The van der Waals surface area contributed by atoms with Crippen LogP contribution in [0.2, 0.25) is 0 Å². The van der Waals surface area contributed by atoms with E-state index < -0.39 is 5.97 Å². The van der Waals surface area contributed by atoms with Crippen LogP contribution in [0.15, 0.2) is 24.3 Å². The van der Waals surface area contributed by atoms with Gasteiger partial charge < -0.3 is 15.7 Å². The monoisotopic (exact) mass is 292 g/mol. The molecule has 21 heavy (non-hydrogen) atoms. The maximum absolute atomic E-state index is 11.7. The summed E-state index contributed by atoms with van der Waals surface area (Å²) in [5.74, 6) is -0.967. The molecule has 116 valence electrons. The fourth-order valence-electron chi connectivity index (χ4n) is 2.04. The summed E-state index contributed by atoms with van der Waals surface area (Å²) in [6, 6.07) is 6.47. The predicted molar refractivity (Wildman–Crippen MR) is 82.4 cm³/mol. The average Bonchev–Trinajstić information content (AvgIpc) is 2.45. The molecule has 0 radical (unpaired) electrons. The first-order valence-corrected chi connectivity index (χ1v) is 7.39. The third kappa shape index (κ3) is 6.79. The normalized spacial score (nSPS) is 11.7. The summed E-state index contributed by atoms with van der Waals surface area (Å²) in [6.07, 6.45) is 4.42. The van der Waals surface area contributed by atoms with E-state index in [1.807, 2.05) is 6.92 Å². The third-order valence-electron chi connectivity index (χ3n) is 3.25. The summed E-state index contributed by atoms with van der Waals surface area (Å²) in [6.45, 7) is 4.45. The summed E-state index contributed by atoms with van der Waals surface area (Å²) < 4.78 is 0. The van der Waals surface area contributed by atoms with Gasteiger partial charge in [-0.1, -0.05) is 38.3 Å². The Morgan fingerprint density at radius 3 is 2.71 bits per heavy atom. The van der Waals surface area contributed by atoms with Crippen LogP contribution in [0.25, 0.3) is 0 Å². The molecule has 3 N–H and O–H groups in total. The van der Waals surface area contributed by atoms with Gasteiger partial charge in [0, 0.05) is 12.6 Å². The van der Waals surface area contributed by atoms with Crippen molar-refractivity contribution in [2.24, 2.45) is 0 Å². The van der Waals surface area contributed by atoms with E-state index in [-0.39, 0.29) is 17.6 Å². The van der Waals surface area contributed by atoms with E-state index in [0.717, 1.165) is 18.4 Å². The number of urea groups is 1. The fraction of sp³-hybridized carbons (Fsp3) is 0.500. The highest BCUT2D eigenvalue weighted by Gasteiger charge is 2.07. The quantitative estimate of drug-likeness (QED) is 0.644. The van der Waals surface area contributed by atoms with Crippen molar-refractivity contribution >= 4 is 12.0 Å². The highest BCUT2D eigenvalue weighted by Crippen LogP contribution is 2.05. The Labute approximate surface area is 125 Å². The van der Waals surface area contributed by atoms with Crippen LogP contribution in [-0.4, -0.2) is 23.1 Å². The first-order valence-electron chi connectivity index (χ1n) is 7.39. The second-order valence-corrected chi connectivity index (χ2v) is 5.23. The summed E-state index contributed by atoms with van der Waals surface area (Å²) in [5, 5.41) is 14.5. The summed E-state index contributed by atoms with van der Waals surface area (Å²) in [5.41, 5.74) is 0.992. The van der Waals surface area contributed by atoms with Crippen molar-refractivity contribution in [2.75, 3.05) is 0 Å². The van der Waals surface area contributed by atoms with Gasteiger partial charge in [0.2, 0.25) is 0 Å². The third-order valence-corrected chi connectivity index (χ3v) is 3.25. The number of carboxylic acid groups (broad SMARTS) is 1. The number of amides is 2. The second-order valence-electron chi connectivity index (χ2n) is 5.23. The number of carbonyl (C=O) groups is 2. The summed E-state index contributed by atoms with van der Waals surface area (Å²) in [4.78, 5) is 22.6. The van der Waals surface area contributed by atoms with Crippen molar-refractivity contribution in [1.29, 1.82) is 0 Å². The molecule has 2 amide bonds. The topological polar surface area (TPSA) is 78.4 Å². The highest BCUT2D eigenvalue weighted by atomic mass is 16.4.